The van der Waals surface area contributed by atoms with Crippen LogP contribution in [0.15, 0.2) is 53.0 Å². The molecule has 0 fully saturated rings. The normalized spacial score (nSPS) is 11.3. The van der Waals surface area contributed by atoms with Crippen molar-refractivity contribution in [2.45, 2.75) is 13.0 Å². The summed E-state index contributed by atoms with van der Waals surface area (Å²) in [4.78, 5) is 12.1. The Morgan fingerprint density at radius 3 is 2.57 bits per heavy atom. The molecule has 0 aliphatic carbocycles. The Morgan fingerprint density at radius 1 is 1.19 bits per heavy atom. The van der Waals surface area contributed by atoms with E-state index in [-0.39, 0.29) is 5.91 Å². The summed E-state index contributed by atoms with van der Waals surface area (Å²) >= 11 is 3.36. The van der Waals surface area contributed by atoms with Crippen molar-refractivity contribution in [3.63, 3.8) is 0 Å². The maximum Gasteiger partial charge on any atom is 0.246 e. The lowest BCUT2D eigenvalue weighted by Crippen LogP contribution is -2.31. The van der Waals surface area contributed by atoms with E-state index >= 15 is 0 Å². The number of nitrogens with zero attached hydrogens (tertiary/aromatic N) is 1. The van der Waals surface area contributed by atoms with Gasteiger partial charge in [0.25, 0.3) is 0 Å². The molecule has 1 atom stereocenters. The molecule has 0 bridgehead atoms. The summed E-state index contributed by atoms with van der Waals surface area (Å²) < 4.78 is 0.985. The molecular weight excluding hydrogens is 330 g/mol. The van der Waals surface area contributed by atoms with E-state index in [0.717, 1.165) is 10.2 Å². The lowest BCUT2D eigenvalue weighted by molar-refractivity contribution is -0.116. The second-order valence-electron chi connectivity index (χ2n) is 4.55. The van der Waals surface area contributed by atoms with Gasteiger partial charge in [-0.15, -0.1) is 0 Å². The fourth-order valence-corrected chi connectivity index (χ4v) is 2.04. The van der Waals surface area contributed by atoms with Crippen LogP contribution in [-0.2, 0) is 4.79 Å². The quantitative estimate of drug-likeness (QED) is 0.888. The molecule has 2 aromatic carbocycles. The van der Waals surface area contributed by atoms with Crippen LogP contribution in [0, 0.1) is 11.3 Å². The molecular formula is C16H14BrN3O. The molecule has 4 nitrogen and oxygen atoms in total. The molecule has 5 heteroatoms. The van der Waals surface area contributed by atoms with Gasteiger partial charge in [-0.3, -0.25) is 4.79 Å². The zero-order chi connectivity index (χ0) is 15.2. The van der Waals surface area contributed by atoms with Gasteiger partial charge >= 0.3 is 0 Å². The second-order valence-corrected chi connectivity index (χ2v) is 5.47. The van der Waals surface area contributed by atoms with Gasteiger partial charge in [0.05, 0.1) is 11.6 Å². The molecule has 2 rings (SSSR count). The largest absolute Gasteiger partial charge is 0.374 e. The summed E-state index contributed by atoms with van der Waals surface area (Å²) in [6.45, 7) is 1.78. The number of halogens is 1. The van der Waals surface area contributed by atoms with Crippen molar-refractivity contribution < 1.29 is 4.79 Å². The van der Waals surface area contributed by atoms with Crippen LogP contribution in [-0.4, -0.2) is 11.9 Å². The van der Waals surface area contributed by atoms with Gasteiger partial charge in [0.2, 0.25) is 5.91 Å². The zero-order valence-electron chi connectivity index (χ0n) is 11.4. The molecule has 0 saturated heterocycles. The van der Waals surface area contributed by atoms with E-state index in [0.29, 0.717) is 11.3 Å². The Morgan fingerprint density at radius 2 is 1.90 bits per heavy atom. The van der Waals surface area contributed by atoms with Gasteiger partial charge in [-0.25, -0.2) is 0 Å². The molecule has 0 aliphatic heterocycles. The van der Waals surface area contributed by atoms with Gasteiger partial charge in [0, 0.05) is 15.8 Å². The SMILES string of the molecule is CC(Nc1ccc(Br)cc1)C(=O)Nc1cccc(C#N)c1. The first kappa shape index (κ1) is 15.1. The van der Waals surface area contributed by atoms with Crippen LogP contribution in [0.4, 0.5) is 11.4 Å². The van der Waals surface area contributed by atoms with Gasteiger partial charge in [0.15, 0.2) is 0 Å². The van der Waals surface area contributed by atoms with Crippen LogP contribution in [0.5, 0.6) is 0 Å². The third-order valence-electron chi connectivity index (χ3n) is 2.88. The Balaban J connectivity index is 1.99. The molecule has 2 aromatic rings. The number of nitrogens with one attached hydrogen (secondary N) is 2. The average Bonchev–Trinajstić information content (AvgIpc) is 2.49. The summed E-state index contributed by atoms with van der Waals surface area (Å²) in [6, 6.07) is 16.1. The van der Waals surface area contributed by atoms with E-state index in [9.17, 15) is 4.79 Å². The maximum absolute atomic E-state index is 12.1. The van der Waals surface area contributed by atoms with Crippen LogP contribution in [0.1, 0.15) is 12.5 Å². The van der Waals surface area contributed by atoms with E-state index in [2.05, 4.69) is 26.6 Å². The van der Waals surface area contributed by atoms with Crippen molar-refractivity contribution >= 4 is 33.2 Å². The van der Waals surface area contributed by atoms with Gasteiger partial charge in [0.1, 0.15) is 6.04 Å². The molecule has 0 aromatic heterocycles. The Kier molecular flexibility index (Phi) is 4.96. The van der Waals surface area contributed by atoms with Crippen molar-refractivity contribution in [2.24, 2.45) is 0 Å². The van der Waals surface area contributed by atoms with Gasteiger partial charge in [-0.05, 0) is 49.4 Å². The number of benzene rings is 2. The third kappa shape index (κ3) is 4.33. The molecule has 2 N–H and O–H groups in total. The zero-order valence-corrected chi connectivity index (χ0v) is 13.0. The number of carbonyl (C=O) groups is 1. The summed E-state index contributed by atoms with van der Waals surface area (Å²) in [5.74, 6) is -0.159. The van der Waals surface area contributed by atoms with Crippen LogP contribution >= 0.6 is 15.9 Å². The topological polar surface area (TPSA) is 64.9 Å². The summed E-state index contributed by atoms with van der Waals surface area (Å²) in [6.07, 6.45) is 0. The smallest absolute Gasteiger partial charge is 0.246 e. The molecule has 1 unspecified atom stereocenters. The maximum atomic E-state index is 12.1. The third-order valence-corrected chi connectivity index (χ3v) is 3.41. The van der Waals surface area contributed by atoms with Crippen molar-refractivity contribution in [2.75, 3.05) is 10.6 Å². The van der Waals surface area contributed by atoms with Crippen LogP contribution in [0.25, 0.3) is 0 Å². The number of hydrogen-bond donors (Lipinski definition) is 2. The van der Waals surface area contributed by atoms with Crippen molar-refractivity contribution in [3.05, 3.63) is 58.6 Å². The Hall–Kier alpha value is -2.32. The van der Waals surface area contributed by atoms with Crippen molar-refractivity contribution in [1.29, 1.82) is 5.26 Å². The summed E-state index contributed by atoms with van der Waals surface area (Å²) in [7, 11) is 0. The highest BCUT2D eigenvalue weighted by Gasteiger charge is 2.12. The van der Waals surface area contributed by atoms with Gasteiger partial charge in [-0.2, -0.15) is 5.26 Å². The minimum absolute atomic E-state index is 0.159. The van der Waals surface area contributed by atoms with E-state index in [4.69, 9.17) is 5.26 Å². The number of rotatable bonds is 4. The lowest BCUT2D eigenvalue weighted by atomic mass is 10.2. The number of amides is 1. The lowest BCUT2D eigenvalue weighted by Gasteiger charge is -2.15. The summed E-state index contributed by atoms with van der Waals surface area (Å²) in [5.41, 5.74) is 2.00. The number of hydrogen-bond acceptors (Lipinski definition) is 3. The molecule has 0 spiro atoms. The predicted molar refractivity (Wildman–Crippen MR) is 87.0 cm³/mol. The van der Waals surface area contributed by atoms with E-state index < -0.39 is 6.04 Å². The van der Waals surface area contributed by atoms with E-state index in [1.54, 1.807) is 31.2 Å². The fraction of sp³-hybridized carbons (Fsp3) is 0.125. The van der Waals surface area contributed by atoms with E-state index in [1.807, 2.05) is 30.3 Å². The highest BCUT2D eigenvalue weighted by Crippen LogP contribution is 2.16. The molecule has 0 aliphatic rings. The summed E-state index contributed by atoms with van der Waals surface area (Å²) in [5, 5.41) is 14.7. The highest BCUT2D eigenvalue weighted by molar-refractivity contribution is 9.10. The average molecular weight is 344 g/mol. The molecule has 0 saturated carbocycles. The Labute approximate surface area is 131 Å². The Bertz CT molecular complexity index is 677. The molecule has 106 valence electrons. The van der Waals surface area contributed by atoms with Crippen LogP contribution in [0.3, 0.4) is 0 Å². The number of nitriles is 1. The monoisotopic (exact) mass is 343 g/mol. The van der Waals surface area contributed by atoms with Crippen molar-refractivity contribution in [3.8, 4) is 6.07 Å². The first-order chi connectivity index (χ1) is 10.1. The minimum Gasteiger partial charge on any atom is -0.374 e. The van der Waals surface area contributed by atoms with E-state index in [1.165, 1.54) is 0 Å². The molecule has 1 amide bonds. The molecule has 21 heavy (non-hydrogen) atoms. The van der Waals surface area contributed by atoms with Crippen LogP contribution in [0.2, 0.25) is 0 Å². The number of carbonyl (C=O) groups excluding carboxylic acids is 1. The van der Waals surface area contributed by atoms with Crippen molar-refractivity contribution in [1.82, 2.24) is 0 Å². The molecule has 0 radical (unpaired) electrons. The first-order valence-corrected chi connectivity index (χ1v) is 7.21. The van der Waals surface area contributed by atoms with Crippen LogP contribution < -0.4 is 10.6 Å². The minimum atomic E-state index is -0.392. The first-order valence-electron chi connectivity index (χ1n) is 6.41. The second kappa shape index (κ2) is 6.91. The van der Waals surface area contributed by atoms with Gasteiger partial charge in [-0.1, -0.05) is 22.0 Å². The molecule has 0 heterocycles. The highest BCUT2D eigenvalue weighted by atomic mass is 79.9. The van der Waals surface area contributed by atoms with Gasteiger partial charge < -0.3 is 10.6 Å². The fourth-order valence-electron chi connectivity index (χ4n) is 1.78. The number of anilines is 2. The predicted octanol–water partition coefficient (Wildman–Crippen LogP) is 3.76. The standard InChI is InChI=1S/C16H14BrN3O/c1-11(19-14-7-5-13(17)6-8-14)16(21)20-15-4-2-3-12(9-15)10-18/h2-9,11,19H,1H3,(H,20,21).